The Kier molecular flexibility index (Phi) is 3.76. The van der Waals surface area contributed by atoms with E-state index in [0.717, 1.165) is 35.7 Å². The summed E-state index contributed by atoms with van der Waals surface area (Å²) < 4.78 is 0. The van der Waals surface area contributed by atoms with Crippen LogP contribution in [-0.4, -0.2) is 16.7 Å². The van der Waals surface area contributed by atoms with Crippen molar-refractivity contribution in [3.8, 4) is 6.07 Å². The van der Waals surface area contributed by atoms with Crippen LogP contribution in [-0.2, 0) is 5.41 Å². The predicted octanol–water partition coefficient (Wildman–Crippen LogP) is 3.76. The van der Waals surface area contributed by atoms with E-state index < -0.39 is 0 Å². The van der Waals surface area contributed by atoms with Gasteiger partial charge in [-0.2, -0.15) is 10.4 Å². The fourth-order valence-corrected chi connectivity index (χ4v) is 2.77. The monoisotopic (exact) mass is 312 g/mol. The molecule has 1 aromatic heterocycles. The SMILES string of the molecule is Cc1nnc(NCC2(c3ccc(Cl)cc3)CC2)c(C#N)c1C. The van der Waals surface area contributed by atoms with E-state index in [4.69, 9.17) is 11.6 Å². The highest BCUT2D eigenvalue weighted by Crippen LogP contribution is 2.48. The molecule has 1 heterocycles. The summed E-state index contributed by atoms with van der Waals surface area (Å²) in [5, 5.41) is 21.7. The second kappa shape index (κ2) is 5.58. The molecule has 0 atom stereocenters. The van der Waals surface area contributed by atoms with Gasteiger partial charge in [0.1, 0.15) is 11.6 Å². The lowest BCUT2D eigenvalue weighted by Gasteiger charge is -2.18. The first-order valence-corrected chi connectivity index (χ1v) is 7.67. The quantitative estimate of drug-likeness (QED) is 0.933. The van der Waals surface area contributed by atoms with Gasteiger partial charge in [0.05, 0.1) is 5.69 Å². The highest BCUT2D eigenvalue weighted by Gasteiger charge is 2.44. The fourth-order valence-electron chi connectivity index (χ4n) is 2.64. The highest BCUT2D eigenvalue weighted by molar-refractivity contribution is 6.30. The Hall–Kier alpha value is -2.12. The molecule has 22 heavy (non-hydrogen) atoms. The van der Waals surface area contributed by atoms with E-state index in [1.54, 1.807) is 0 Å². The van der Waals surface area contributed by atoms with Crippen LogP contribution in [0.2, 0.25) is 5.02 Å². The Labute approximate surface area is 135 Å². The first-order valence-electron chi connectivity index (χ1n) is 7.30. The third-order valence-electron chi connectivity index (χ3n) is 4.47. The van der Waals surface area contributed by atoms with Gasteiger partial charge in [-0.3, -0.25) is 0 Å². The Balaban J connectivity index is 1.80. The number of halogens is 1. The second-order valence-corrected chi connectivity index (χ2v) is 6.32. The first-order chi connectivity index (χ1) is 10.6. The zero-order valence-corrected chi connectivity index (χ0v) is 13.4. The number of anilines is 1. The molecule has 1 aromatic carbocycles. The van der Waals surface area contributed by atoms with Crippen molar-refractivity contribution in [2.24, 2.45) is 0 Å². The van der Waals surface area contributed by atoms with Crippen LogP contribution in [0, 0.1) is 25.2 Å². The molecule has 1 N–H and O–H groups in total. The van der Waals surface area contributed by atoms with Gasteiger partial charge in [-0.15, -0.1) is 5.10 Å². The van der Waals surface area contributed by atoms with E-state index >= 15 is 0 Å². The van der Waals surface area contributed by atoms with Gasteiger partial charge in [0.2, 0.25) is 0 Å². The first kappa shape index (κ1) is 14.8. The zero-order valence-electron chi connectivity index (χ0n) is 12.7. The van der Waals surface area contributed by atoms with E-state index in [-0.39, 0.29) is 5.41 Å². The highest BCUT2D eigenvalue weighted by atomic mass is 35.5. The third kappa shape index (κ3) is 2.65. The maximum absolute atomic E-state index is 9.34. The summed E-state index contributed by atoms with van der Waals surface area (Å²) in [5.74, 6) is 0.575. The Morgan fingerprint density at radius 2 is 1.91 bits per heavy atom. The maximum atomic E-state index is 9.34. The molecule has 1 aliphatic carbocycles. The Morgan fingerprint density at radius 3 is 2.50 bits per heavy atom. The summed E-state index contributed by atoms with van der Waals surface area (Å²) in [4.78, 5) is 0. The standard InChI is InChI=1S/C17H17ClN4/c1-11-12(2)21-22-16(15(11)9-19)20-10-17(7-8-17)13-3-5-14(18)6-4-13/h3-6H,7-8,10H2,1-2H3,(H,20,22). The Morgan fingerprint density at radius 1 is 1.23 bits per heavy atom. The molecule has 1 aliphatic rings. The molecule has 0 saturated heterocycles. The minimum atomic E-state index is 0.123. The van der Waals surface area contributed by atoms with Gasteiger partial charge in [0, 0.05) is 17.0 Å². The lowest BCUT2D eigenvalue weighted by molar-refractivity contribution is 0.727. The molecule has 5 heteroatoms. The van der Waals surface area contributed by atoms with Crippen molar-refractivity contribution in [1.82, 2.24) is 10.2 Å². The number of nitrogens with one attached hydrogen (secondary N) is 1. The fraction of sp³-hybridized carbons (Fsp3) is 0.353. The van der Waals surface area contributed by atoms with Crippen LogP contribution in [0.25, 0.3) is 0 Å². The van der Waals surface area contributed by atoms with E-state index in [2.05, 4.69) is 33.7 Å². The summed E-state index contributed by atoms with van der Waals surface area (Å²) in [6, 6.07) is 10.2. The summed E-state index contributed by atoms with van der Waals surface area (Å²) >= 11 is 5.96. The third-order valence-corrected chi connectivity index (χ3v) is 4.72. The zero-order chi connectivity index (χ0) is 15.7. The van der Waals surface area contributed by atoms with Crippen LogP contribution < -0.4 is 5.32 Å². The largest absolute Gasteiger partial charge is 0.367 e. The minimum Gasteiger partial charge on any atom is -0.367 e. The molecule has 0 unspecified atom stereocenters. The van der Waals surface area contributed by atoms with Crippen molar-refractivity contribution in [3.05, 3.63) is 51.7 Å². The van der Waals surface area contributed by atoms with Gasteiger partial charge in [-0.05, 0) is 49.9 Å². The number of rotatable bonds is 4. The van der Waals surface area contributed by atoms with Crippen LogP contribution in [0.5, 0.6) is 0 Å². The van der Waals surface area contributed by atoms with Crippen molar-refractivity contribution in [3.63, 3.8) is 0 Å². The normalized spacial score (nSPS) is 15.2. The average molecular weight is 313 g/mol. The number of hydrogen-bond acceptors (Lipinski definition) is 4. The smallest absolute Gasteiger partial charge is 0.166 e. The molecule has 0 bridgehead atoms. The van der Waals surface area contributed by atoms with Crippen LogP contribution >= 0.6 is 11.6 Å². The molecular formula is C17H17ClN4. The maximum Gasteiger partial charge on any atom is 0.166 e. The summed E-state index contributed by atoms with van der Waals surface area (Å²) in [6.45, 7) is 4.52. The molecular weight excluding hydrogens is 296 g/mol. The molecule has 0 amide bonds. The summed E-state index contributed by atoms with van der Waals surface area (Å²) in [6.07, 6.45) is 2.25. The van der Waals surface area contributed by atoms with E-state index in [1.165, 1.54) is 5.56 Å². The summed E-state index contributed by atoms with van der Waals surface area (Å²) in [7, 11) is 0. The van der Waals surface area contributed by atoms with Gasteiger partial charge in [-0.1, -0.05) is 23.7 Å². The minimum absolute atomic E-state index is 0.123. The molecule has 1 fully saturated rings. The molecule has 112 valence electrons. The van der Waals surface area contributed by atoms with Crippen molar-refractivity contribution in [2.75, 3.05) is 11.9 Å². The lowest BCUT2D eigenvalue weighted by Crippen LogP contribution is -2.21. The van der Waals surface area contributed by atoms with Crippen molar-refractivity contribution >= 4 is 17.4 Å². The molecule has 0 radical (unpaired) electrons. The second-order valence-electron chi connectivity index (χ2n) is 5.89. The van der Waals surface area contributed by atoms with E-state index in [9.17, 15) is 5.26 Å². The van der Waals surface area contributed by atoms with Crippen molar-refractivity contribution in [2.45, 2.75) is 32.1 Å². The molecule has 2 aromatic rings. The van der Waals surface area contributed by atoms with E-state index in [0.29, 0.717) is 11.4 Å². The number of aromatic nitrogens is 2. The number of nitriles is 1. The van der Waals surface area contributed by atoms with Crippen molar-refractivity contribution in [1.29, 1.82) is 5.26 Å². The topological polar surface area (TPSA) is 61.6 Å². The van der Waals surface area contributed by atoms with Crippen molar-refractivity contribution < 1.29 is 0 Å². The van der Waals surface area contributed by atoms with Gasteiger partial charge in [-0.25, -0.2) is 0 Å². The van der Waals surface area contributed by atoms with Crippen LogP contribution in [0.4, 0.5) is 5.82 Å². The number of aryl methyl sites for hydroxylation is 1. The van der Waals surface area contributed by atoms with Gasteiger partial charge < -0.3 is 5.32 Å². The molecule has 4 nitrogen and oxygen atoms in total. The van der Waals surface area contributed by atoms with Gasteiger partial charge >= 0.3 is 0 Å². The number of nitrogens with zero attached hydrogens (tertiary/aromatic N) is 3. The van der Waals surface area contributed by atoms with E-state index in [1.807, 2.05) is 26.0 Å². The van der Waals surface area contributed by atoms with Gasteiger partial charge in [0.25, 0.3) is 0 Å². The molecule has 1 saturated carbocycles. The lowest BCUT2D eigenvalue weighted by atomic mass is 9.96. The van der Waals surface area contributed by atoms with Crippen LogP contribution in [0.15, 0.2) is 24.3 Å². The summed E-state index contributed by atoms with van der Waals surface area (Å²) in [5.41, 5.74) is 3.66. The van der Waals surface area contributed by atoms with Crippen LogP contribution in [0.1, 0.15) is 35.2 Å². The number of hydrogen-bond donors (Lipinski definition) is 1. The molecule has 0 spiro atoms. The predicted molar refractivity (Wildman–Crippen MR) is 87.1 cm³/mol. The van der Waals surface area contributed by atoms with Gasteiger partial charge in [0.15, 0.2) is 5.82 Å². The molecule has 3 rings (SSSR count). The average Bonchev–Trinajstić information content (AvgIpc) is 3.30. The number of benzene rings is 1. The Bertz CT molecular complexity index is 742. The molecule has 0 aliphatic heterocycles. The van der Waals surface area contributed by atoms with Crippen LogP contribution in [0.3, 0.4) is 0 Å².